The van der Waals surface area contributed by atoms with Crippen LogP contribution >= 0.6 is 0 Å². The second-order valence-corrected chi connectivity index (χ2v) is 3.38. The Hall–Kier alpha value is -1.84. The van der Waals surface area contributed by atoms with E-state index in [0.29, 0.717) is 22.4 Å². The zero-order valence-corrected chi connectivity index (χ0v) is 7.97. The lowest BCUT2D eigenvalue weighted by Crippen LogP contribution is -2.13. The van der Waals surface area contributed by atoms with Gasteiger partial charge in [-0.15, -0.1) is 0 Å². The number of fused-ring (bicyclic) bond motifs is 1. The average Bonchev–Trinajstić information content (AvgIpc) is 2.07. The largest absolute Gasteiger partial charge is 0.354 e. The Kier molecular flexibility index (Phi) is 1.77. The van der Waals surface area contributed by atoms with E-state index in [1.807, 2.05) is 0 Å². The molecular weight excluding hydrogens is 180 g/mol. The quantitative estimate of drug-likeness (QED) is 0.646. The Morgan fingerprint density at radius 2 is 1.21 bits per heavy atom. The average molecular weight is 190 g/mol. The standard InChI is InChI=1S/C10H10N2O2/c1-5-3-7(13)10-9(11-5)8(14)4-6(2)12-10/h3-4H,1-2H3,(H,11,13)(H,12,14). The van der Waals surface area contributed by atoms with Crippen LogP contribution in [-0.4, -0.2) is 9.97 Å². The van der Waals surface area contributed by atoms with Gasteiger partial charge in [-0.1, -0.05) is 0 Å². The van der Waals surface area contributed by atoms with E-state index in [4.69, 9.17) is 0 Å². The van der Waals surface area contributed by atoms with Gasteiger partial charge in [0.2, 0.25) is 10.9 Å². The molecule has 2 aromatic heterocycles. The number of pyridine rings is 2. The first-order chi connectivity index (χ1) is 6.58. The van der Waals surface area contributed by atoms with Crippen LogP contribution in [0.1, 0.15) is 11.4 Å². The fourth-order valence-corrected chi connectivity index (χ4v) is 1.50. The molecule has 2 N–H and O–H groups in total. The van der Waals surface area contributed by atoms with Crippen molar-refractivity contribution in [1.82, 2.24) is 9.97 Å². The number of aryl methyl sites for hydroxylation is 2. The van der Waals surface area contributed by atoms with Gasteiger partial charge in [-0.2, -0.15) is 0 Å². The summed E-state index contributed by atoms with van der Waals surface area (Å²) >= 11 is 0. The summed E-state index contributed by atoms with van der Waals surface area (Å²) in [5.74, 6) is 0. The van der Waals surface area contributed by atoms with Crippen LogP contribution in [0.25, 0.3) is 11.0 Å². The van der Waals surface area contributed by atoms with Crippen molar-refractivity contribution in [3.63, 3.8) is 0 Å². The number of aromatic nitrogens is 2. The highest BCUT2D eigenvalue weighted by Crippen LogP contribution is 2.00. The van der Waals surface area contributed by atoms with Crippen molar-refractivity contribution in [3.05, 3.63) is 44.0 Å². The summed E-state index contributed by atoms with van der Waals surface area (Å²) in [6.45, 7) is 3.50. The van der Waals surface area contributed by atoms with E-state index >= 15 is 0 Å². The van der Waals surface area contributed by atoms with Gasteiger partial charge in [0.05, 0.1) is 0 Å². The maximum absolute atomic E-state index is 11.5. The Labute approximate surface area is 79.6 Å². The minimum Gasteiger partial charge on any atom is -0.354 e. The molecule has 0 fully saturated rings. The minimum atomic E-state index is -0.156. The minimum absolute atomic E-state index is 0.156. The predicted molar refractivity (Wildman–Crippen MR) is 54.7 cm³/mol. The van der Waals surface area contributed by atoms with E-state index in [2.05, 4.69) is 9.97 Å². The van der Waals surface area contributed by atoms with Crippen LogP contribution in [0.3, 0.4) is 0 Å². The third-order valence-electron chi connectivity index (χ3n) is 2.08. The van der Waals surface area contributed by atoms with Gasteiger partial charge in [0.1, 0.15) is 11.0 Å². The summed E-state index contributed by atoms with van der Waals surface area (Å²) in [5, 5.41) is 0. The van der Waals surface area contributed by atoms with Crippen LogP contribution in [-0.2, 0) is 0 Å². The van der Waals surface area contributed by atoms with Gasteiger partial charge in [0, 0.05) is 23.5 Å². The van der Waals surface area contributed by atoms with Crippen molar-refractivity contribution < 1.29 is 0 Å². The van der Waals surface area contributed by atoms with Gasteiger partial charge in [-0.25, -0.2) is 0 Å². The topological polar surface area (TPSA) is 65.7 Å². The fraction of sp³-hybridized carbons (Fsp3) is 0.200. The second kappa shape index (κ2) is 2.83. The highest BCUT2D eigenvalue weighted by Gasteiger charge is 2.03. The number of hydrogen-bond donors (Lipinski definition) is 2. The smallest absolute Gasteiger partial charge is 0.206 e. The Morgan fingerprint density at radius 1 is 0.857 bits per heavy atom. The number of H-pyrrole nitrogens is 2. The molecule has 0 aliphatic carbocycles. The van der Waals surface area contributed by atoms with Crippen molar-refractivity contribution >= 4 is 11.0 Å². The highest BCUT2D eigenvalue weighted by atomic mass is 16.1. The predicted octanol–water partition coefficient (Wildman–Crippen LogP) is 0.833. The molecule has 0 saturated heterocycles. The molecule has 4 heteroatoms. The molecule has 0 amide bonds. The molecule has 0 radical (unpaired) electrons. The van der Waals surface area contributed by atoms with E-state index in [1.165, 1.54) is 12.1 Å². The van der Waals surface area contributed by atoms with Crippen molar-refractivity contribution in [2.45, 2.75) is 13.8 Å². The summed E-state index contributed by atoms with van der Waals surface area (Å²) in [6.07, 6.45) is 0. The van der Waals surface area contributed by atoms with E-state index in [9.17, 15) is 9.59 Å². The molecule has 4 nitrogen and oxygen atoms in total. The lowest BCUT2D eigenvalue weighted by Gasteiger charge is -2.00. The molecule has 0 aromatic carbocycles. The lowest BCUT2D eigenvalue weighted by atomic mass is 10.2. The van der Waals surface area contributed by atoms with E-state index in [1.54, 1.807) is 13.8 Å². The van der Waals surface area contributed by atoms with Crippen LogP contribution in [0.4, 0.5) is 0 Å². The molecule has 2 heterocycles. The zero-order valence-electron chi connectivity index (χ0n) is 7.97. The summed E-state index contributed by atoms with van der Waals surface area (Å²) in [5.41, 5.74) is 1.77. The second-order valence-electron chi connectivity index (χ2n) is 3.38. The number of rotatable bonds is 0. The number of aromatic amines is 2. The van der Waals surface area contributed by atoms with E-state index in [0.717, 1.165) is 0 Å². The van der Waals surface area contributed by atoms with Gasteiger partial charge < -0.3 is 9.97 Å². The third kappa shape index (κ3) is 1.25. The molecule has 0 bridgehead atoms. The van der Waals surface area contributed by atoms with Crippen molar-refractivity contribution in [3.8, 4) is 0 Å². The van der Waals surface area contributed by atoms with Crippen LogP contribution in [0.5, 0.6) is 0 Å². The summed E-state index contributed by atoms with van der Waals surface area (Å²) in [7, 11) is 0. The lowest BCUT2D eigenvalue weighted by molar-refractivity contribution is 1.17. The number of nitrogens with one attached hydrogen (secondary N) is 2. The normalized spacial score (nSPS) is 10.7. The van der Waals surface area contributed by atoms with Crippen molar-refractivity contribution in [1.29, 1.82) is 0 Å². The van der Waals surface area contributed by atoms with Crippen LogP contribution in [0.2, 0.25) is 0 Å². The van der Waals surface area contributed by atoms with Crippen LogP contribution < -0.4 is 10.9 Å². The van der Waals surface area contributed by atoms with Gasteiger partial charge in [0.25, 0.3) is 0 Å². The zero-order chi connectivity index (χ0) is 10.3. The molecule has 72 valence electrons. The van der Waals surface area contributed by atoms with E-state index in [-0.39, 0.29) is 10.9 Å². The Morgan fingerprint density at radius 3 is 1.57 bits per heavy atom. The van der Waals surface area contributed by atoms with E-state index < -0.39 is 0 Å². The summed E-state index contributed by atoms with van der Waals surface area (Å²) in [4.78, 5) is 28.8. The fourth-order valence-electron chi connectivity index (χ4n) is 1.50. The molecule has 0 unspecified atom stereocenters. The summed E-state index contributed by atoms with van der Waals surface area (Å²) < 4.78 is 0. The monoisotopic (exact) mass is 190 g/mol. The third-order valence-corrected chi connectivity index (χ3v) is 2.08. The summed E-state index contributed by atoms with van der Waals surface area (Å²) in [6, 6.07) is 2.94. The molecule has 2 rings (SSSR count). The first-order valence-electron chi connectivity index (χ1n) is 4.31. The maximum atomic E-state index is 11.5. The van der Waals surface area contributed by atoms with Crippen LogP contribution in [0.15, 0.2) is 21.7 Å². The van der Waals surface area contributed by atoms with Crippen molar-refractivity contribution in [2.24, 2.45) is 0 Å². The Balaban J connectivity index is 3.10. The molecule has 0 spiro atoms. The van der Waals surface area contributed by atoms with Crippen LogP contribution in [0, 0.1) is 13.8 Å². The Bertz CT molecular complexity index is 552. The van der Waals surface area contributed by atoms with Crippen molar-refractivity contribution in [2.75, 3.05) is 0 Å². The molecule has 0 aliphatic heterocycles. The molecule has 0 saturated carbocycles. The van der Waals surface area contributed by atoms with Gasteiger partial charge in [-0.3, -0.25) is 9.59 Å². The molecule has 0 aliphatic rings. The SMILES string of the molecule is Cc1cc(=O)c2[nH]c(C)cc(=O)c2[nH]1. The molecule has 2 aromatic rings. The van der Waals surface area contributed by atoms with Gasteiger partial charge in [0.15, 0.2) is 0 Å². The number of hydrogen-bond acceptors (Lipinski definition) is 2. The van der Waals surface area contributed by atoms with Gasteiger partial charge in [-0.05, 0) is 13.8 Å². The molecule has 14 heavy (non-hydrogen) atoms. The molecule has 0 atom stereocenters. The first-order valence-corrected chi connectivity index (χ1v) is 4.31. The van der Waals surface area contributed by atoms with Gasteiger partial charge >= 0.3 is 0 Å². The first kappa shape index (κ1) is 8.74. The molecular formula is C10H10N2O2. The highest BCUT2D eigenvalue weighted by molar-refractivity contribution is 5.73. The maximum Gasteiger partial charge on any atom is 0.206 e.